The summed E-state index contributed by atoms with van der Waals surface area (Å²) < 4.78 is 21.9. The van der Waals surface area contributed by atoms with Crippen LogP contribution in [-0.4, -0.2) is 19.9 Å². The predicted molar refractivity (Wildman–Crippen MR) is 53.0 cm³/mol. The van der Waals surface area contributed by atoms with Gasteiger partial charge in [0.05, 0.1) is 12.8 Å². The van der Waals surface area contributed by atoms with E-state index in [1.165, 1.54) is 7.11 Å². The normalized spacial score (nSPS) is 41.0. The van der Waals surface area contributed by atoms with Gasteiger partial charge < -0.3 is 9.05 Å². The molecule has 1 saturated heterocycles. The van der Waals surface area contributed by atoms with E-state index >= 15 is 0 Å². The Morgan fingerprint density at radius 2 is 2.15 bits per heavy atom. The number of hydrogen-bond acceptors (Lipinski definition) is 3. The average molecular weight is 206 g/mol. The summed E-state index contributed by atoms with van der Waals surface area (Å²) in [5, 5.41) is 0. The second kappa shape index (κ2) is 3.72. The third kappa shape index (κ3) is 2.34. The van der Waals surface area contributed by atoms with E-state index in [9.17, 15) is 4.57 Å². The summed E-state index contributed by atoms with van der Waals surface area (Å²) >= 11 is 0. The topological polar surface area (TPSA) is 35.5 Å². The van der Waals surface area contributed by atoms with Crippen molar-refractivity contribution in [2.45, 2.75) is 27.2 Å². The molecule has 3 nitrogen and oxygen atoms in total. The fourth-order valence-corrected chi connectivity index (χ4v) is 3.07. The van der Waals surface area contributed by atoms with Gasteiger partial charge in [-0.3, -0.25) is 4.57 Å². The summed E-state index contributed by atoms with van der Waals surface area (Å²) in [6.07, 6.45) is 1.48. The van der Waals surface area contributed by atoms with E-state index in [4.69, 9.17) is 9.05 Å². The van der Waals surface area contributed by atoms with Crippen molar-refractivity contribution in [1.29, 1.82) is 0 Å². The Morgan fingerprint density at radius 3 is 2.46 bits per heavy atom. The van der Waals surface area contributed by atoms with E-state index < -0.39 is 7.60 Å². The molecular weight excluding hydrogens is 187 g/mol. The molecule has 0 spiro atoms. The third-order valence-corrected chi connectivity index (χ3v) is 5.07. The summed E-state index contributed by atoms with van der Waals surface area (Å²) in [4.78, 5) is 0. The highest BCUT2D eigenvalue weighted by Gasteiger charge is 2.39. The fourth-order valence-electron chi connectivity index (χ4n) is 1.37. The van der Waals surface area contributed by atoms with Gasteiger partial charge in [-0.1, -0.05) is 20.8 Å². The molecule has 4 heteroatoms. The lowest BCUT2D eigenvalue weighted by atomic mass is 9.78. The maximum Gasteiger partial charge on any atom is 0.330 e. The van der Waals surface area contributed by atoms with Crippen molar-refractivity contribution in [2.24, 2.45) is 11.3 Å². The number of rotatable bonds is 2. The summed E-state index contributed by atoms with van der Waals surface area (Å²) in [6, 6.07) is 0. The lowest BCUT2D eigenvalue weighted by Gasteiger charge is -2.39. The molecule has 2 atom stereocenters. The standard InChI is InChI=1S/C9H19O3P/c1-8(2)9(3)5-6-13(10,11-4)12-7-9/h8H,5-7H2,1-4H3. The van der Waals surface area contributed by atoms with Crippen molar-refractivity contribution >= 4 is 7.60 Å². The molecular formula is C9H19O3P. The van der Waals surface area contributed by atoms with Crippen LogP contribution >= 0.6 is 7.60 Å². The zero-order valence-corrected chi connectivity index (χ0v) is 9.77. The molecule has 0 aromatic heterocycles. The van der Waals surface area contributed by atoms with Crippen LogP contribution in [0.15, 0.2) is 0 Å². The van der Waals surface area contributed by atoms with Crippen LogP contribution in [0.1, 0.15) is 27.2 Å². The van der Waals surface area contributed by atoms with Gasteiger partial charge in [-0.15, -0.1) is 0 Å². The molecule has 0 amide bonds. The van der Waals surface area contributed by atoms with Crippen molar-refractivity contribution in [2.75, 3.05) is 19.9 Å². The van der Waals surface area contributed by atoms with Crippen molar-refractivity contribution in [3.63, 3.8) is 0 Å². The maximum absolute atomic E-state index is 11.7. The zero-order valence-electron chi connectivity index (χ0n) is 8.87. The van der Waals surface area contributed by atoms with Crippen molar-refractivity contribution < 1.29 is 13.6 Å². The predicted octanol–water partition coefficient (Wildman–Crippen LogP) is 2.91. The van der Waals surface area contributed by atoms with Crippen LogP contribution in [0.25, 0.3) is 0 Å². The molecule has 0 aromatic rings. The minimum atomic E-state index is -2.71. The third-order valence-electron chi connectivity index (χ3n) is 3.22. The van der Waals surface area contributed by atoms with E-state index in [-0.39, 0.29) is 5.41 Å². The van der Waals surface area contributed by atoms with Gasteiger partial charge in [0.25, 0.3) is 0 Å². The van der Waals surface area contributed by atoms with Gasteiger partial charge in [0, 0.05) is 7.11 Å². The lowest BCUT2D eigenvalue weighted by molar-refractivity contribution is 0.0702. The second-order valence-electron chi connectivity index (χ2n) is 4.35. The second-order valence-corrected chi connectivity index (χ2v) is 6.64. The molecule has 78 valence electrons. The molecule has 1 rings (SSSR count). The highest BCUT2D eigenvalue weighted by Crippen LogP contribution is 2.55. The molecule has 2 unspecified atom stereocenters. The molecule has 0 aliphatic carbocycles. The van der Waals surface area contributed by atoms with Crippen LogP contribution in [0.2, 0.25) is 0 Å². The van der Waals surface area contributed by atoms with Crippen molar-refractivity contribution in [1.82, 2.24) is 0 Å². The first kappa shape index (κ1) is 11.2. The maximum atomic E-state index is 11.7. The van der Waals surface area contributed by atoms with Crippen LogP contribution in [0, 0.1) is 11.3 Å². The quantitative estimate of drug-likeness (QED) is 0.651. The van der Waals surface area contributed by atoms with E-state index in [2.05, 4.69) is 20.8 Å². The van der Waals surface area contributed by atoms with Gasteiger partial charge in [0.15, 0.2) is 0 Å². The summed E-state index contributed by atoms with van der Waals surface area (Å²) in [5.41, 5.74) is 0.159. The summed E-state index contributed by atoms with van der Waals surface area (Å²) in [6.45, 7) is 7.07. The Morgan fingerprint density at radius 1 is 1.54 bits per heavy atom. The molecule has 0 saturated carbocycles. The van der Waals surface area contributed by atoms with Gasteiger partial charge in [-0.25, -0.2) is 0 Å². The van der Waals surface area contributed by atoms with Crippen molar-refractivity contribution in [3.8, 4) is 0 Å². The van der Waals surface area contributed by atoms with E-state index in [0.29, 0.717) is 18.7 Å². The number of hydrogen-bond donors (Lipinski definition) is 0. The Labute approximate surface area is 80.3 Å². The van der Waals surface area contributed by atoms with Crippen LogP contribution in [0.5, 0.6) is 0 Å². The molecule has 0 radical (unpaired) electrons. The average Bonchev–Trinajstić information content (AvgIpc) is 2.11. The van der Waals surface area contributed by atoms with E-state index in [1.807, 2.05) is 0 Å². The van der Waals surface area contributed by atoms with Crippen molar-refractivity contribution in [3.05, 3.63) is 0 Å². The smallest absolute Gasteiger partial charge is 0.312 e. The Kier molecular flexibility index (Phi) is 3.21. The highest BCUT2D eigenvalue weighted by molar-refractivity contribution is 7.53. The van der Waals surface area contributed by atoms with Crippen LogP contribution < -0.4 is 0 Å². The first-order valence-electron chi connectivity index (χ1n) is 4.71. The SMILES string of the molecule is COP1(=O)CCC(C)(C(C)C)CO1. The molecule has 0 bridgehead atoms. The van der Waals surface area contributed by atoms with Crippen LogP contribution in [0.4, 0.5) is 0 Å². The Balaban J connectivity index is 2.61. The molecule has 13 heavy (non-hydrogen) atoms. The first-order chi connectivity index (χ1) is 5.92. The van der Waals surface area contributed by atoms with Gasteiger partial charge in [-0.05, 0) is 17.8 Å². The summed E-state index contributed by atoms with van der Waals surface area (Å²) in [7, 11) is -1.26. The first-order valence-corrected chi connectivity index (χ1v) is 6.44. The van der Waals surface area contributed by atoms with E-state index in [1.54, 1.807) is 0 Å². The minimum absolute atomic E-state index is 0.159. The highest BCUT2D eigenvalue weighted by atomic mass is 31.2. The van der Waals surface area contributed by atoms with E-state index in [0.717, 1.165) is 6.42 Å². The summed E-state index contributed by atoms with van der Waals surface area (Å²) in [5.74, 6) is 0.554. The van der Waals surface area contributed by atoms with Gasteiger partial charge >= 0.3 is 7.60 Å². The molecule has 1 aliphatic rings. The zero-order chi connectivity index (χ0) is 10.1. The molecule has 1 aliphatic heterocycles. The molecule has 0 aromatic carbocycles. The van der Waals surface area contributed by atoms with Gasteiger partial charge in [-0.2, -0.15) is 0 Å². The molecule has 0 N–H and O–H groups in total. The Bertz CT molecular complexity index is 213. The molecule has 1 fully saturated rings. The largest absolute Gasteiger partial charge is 0.330 e. The van der Waals surface area contributed by atoms with Gasteiger partial charge in [0.1, 0.15) is 0 Å². The minimum Gasteiger partial charge on any atom is -0.312 e. The van der Waals surface area contributed by atoms with Gasteiger partial charge in [0.2, 0.25) is 0 Å². The van der Waals surface area contributed by atoms with Crippen LogP contribution in [0.3, 0.4) is 0 Å². The monoisotopic (exact) mass is 206 g/mol. The lowest BCUT2D eigenvalue weighted by Crippen LogP contribution is -2.33. The fraction of sp³-hybridized carbons (Fsp3) is 1.00. The molecule has 1 heterocycles. The van der Waals surface area contributed by atoms with Crippen LogP contribution in [-0.2, 0) is 13.6 Å². The Hall–Kier alpha value is 0.150.